The first-order chi connectivity index (χ1) is 18.0. The van der Waals surface area contributed by atoms with Gasteiger partial charge in [0.2, 0.25) is 11.8 Å². The number of amides is 4. The van der Waals surface area contributed by atoms with Gasteiger partial charge in [0.05, 0.1) is 0 Å². The normalized spacial score (nSPS) is 17.3. The fourth-order valence-corrected chi connectivity index (χ4v) is 4.90. The molecule has 7 heteroatoms. The monoisotopic (exact) mass is 512 g/mol. The summed E-state index contributed by atoms with van der Waals surface area (Å²) in [7, 11) is 0. The Labute approximate surface area is 224 Å². The van der Waals surface area contributed by atoms with Crippen molar-refractivity contribution in [3.63, 3.8) is 0 Å². The molecule has 3 aromatic carbocycles. The summed E-state index contributed by atoms with van der Waals surface area (Å²) < 4.78 is 0. The van der Waals surface area contributed by atoms with Gasteiger partial charge >= 0.3 is 6.03 Å². The molecule has 2 unspecified atom stereocenters. The second-order valence-corrected chi connectivity index (χ2v) is 11.0. The van der Waals surface area contributed by atoms with Gasteiger partial charge in [0.15, 0.2) is 0 Å². The van der Waals surface area contributed by atoms with E-state index >= 15 is 0 Å². The molecule has 1 aliphatic heterocycles. The quantitative estimate of drug-likeness (QED) is 0.435. The molecule has 7 nitrogen and oxygen atoms in total. The predicted molar refractivity (Wildman–Crippen MR) is 151 cm³/mol. The fraction of sp³-hybridized carbons (Fsp3) is 0.323. The van der Waals surface area contributed by atoms with Crippen molar-refractivity contribution in [2.75, 3.05) is 16.8 Å². The number of hydrogen-bond donors (Lipinski definition) is 3. The third-order valence-electron chi connectivity index (χ3n) is 6.48. The Kier molecular flexibility index (Phi) is 7.86. The molecule has 38 heavy (non-hydrogen) atoms. The zero-order valence-corrected chi connectivity index (χ0v) is 22.7. The van der Waals surface area contributed by atoms with Crippen molar-refractivity contribution in [1.29, 1.82) is 0 Å². The maximum Gasteiger partial charge on any atom is 0.319 e. The van der Waals surface area contributed by atoms with E-state index in [0.717, 1.165) is 22.3 Å². The molecule has 4 amide bonds. The van der Waals surface area contributed by atoms with Crippen LogP contribution in [0.15, 0.2) is 72.8 Å². The van der Waals surface area contributed by atoms with Gasteiger partial charge in [-0.1, -0.05) is 60.2 Å². The summed E-state index contributed by atoms with van der Waals surface area (Å²) in [6.07, 6.45) is 0.359. The van der Waals surface area contributed by atoms with Crippen molar-refractivity contribution in [2.24, 2.45) is 0 Å². The van der Waals surface area contributed by atoms with Gasteiger partial charge in [-0.2, -0.15) is 0 Å². The maximum atomic E-state index is 14.0. The number of rotatable bonds is 5. The topological polar surface area (TPSA) is 90.5 Å². The Balaban J connectivity index is 1.72. The van der Waals surface area contributed by atoms with Gasteiger partial charge in [0.25, 0.3) is 0 Å². The highest BCUT2D eigenvalue weighted by Crippen LogP contribution is 2.39. The van der Waals surface area contributed by atoms with Crippen LogP contribution in [0.5, 0.6) is 0 Å². The van der Waals surface area contributed by atoms with E-state index in [9.17, 15) is 14.4 Å². The van der Waals surface area contributed by atoms with Crippen molar-refractivity contribution in [3.05, 3.63) is 95.1 Å². The largest absolute Gasteiger partial charge is 0.350 e. The summed E-state index contributed by atoms with van der Waals surface area (Å²) in [4.78, 5) is 41.6. The van der Waals surface area contributed by atoms with E-state index in [2.05, 4.69) is 22.0 Å². The minimum Gasteiger partial charge on any atom is -0.350 e. The van der Waals surface area contributed by atoms with Gasteiger partial charge < -0.3 is 20.9 Å². The average molecular weight is 513 g/mol. The number of nitrogens with one attached hydrogen (secondary N) is 3. The van der Waals surface area contributed by atoms with E-state index < -0.39 is 17.6 Å². The van der Waals surface area contributed by atoms with Gasteiger partial charge in [-0.05, 0) is 75.9 Å². The van der Waals surface area contributed by atoms with Crippen molar-refractivity contribution in [2.45, 2.75) is 58.5 Å². The second kappa shape index (κ2) is 11.1. The number of hydrogen-bond acceptors (Lipinski definition) is 3. The first-order valence-electron chi connectivity index (χ1n) is 12.9. The highest BCUT2D eigenvalue weighted by atomic mass is 16.2. The molecule has 0 fully saturated rings. The maximum absolute atomic E-state index is 14.0. The molecule has 3 aromatic rings. The summed E-state index contributed by atoms with van der Waals surface area (Å²) >= 11 is 0. The van der Waals surface area contributed by atoms with Crippen LogP contribution in [0.3, 0.4) is 0 Å². The van der Waals surface area contributed by atoms with E-state index in [1.165, 1.54) is 4.90 Å². The van der Waals surface area contributed by atoms with Crippen LogP contribution in [0, 0.1) is 13.8 Å². The number of carbonyl (C=O) groups excluding carboxylic acids is 3. The molecule has 0 aromatic heterocycles. The van der Waals surface area contributed by atoms with E-state index in [1.54, 1.807) is 6.07 Å². The molecular formula is C31H36N4O3. The predicted octanol–water partition coefficient (Wildman–Crippen LogP) is 5.28. The number of anilines is 2. The molecule has 0 aliphatic carbocycles. The lowest BCUT2D eigenvalue weighted by atomic mass is 9.85. The molecule has 2 atom stereocenters. The lowest BCUT2D eigenvalue weighted by molar-refractivity contribution is -0.125. The van der Waals surface area contributed by atoms with Crippen LogP contribution in [0.25, 0.3) is 0 Å². The summed E-state index contributed by atoms with van der Waals surface area (Å²) in [5.41, 5.74) is 4.94. The van der Waals surface area contributed by atoms with Gasteiger partial charge in [-0.25, -0.2) is 4.79 Å². The first-order valence-corrected chi connectivity index (χ1v) is 12.9. The Bertz CT molecular complexity index is 1330. The number of fused-ring (bicyclic) bond motifs is 1. The molecule has 4 rings (SSSR count). The van der Waals surface area contributed by atoms with Gasteiger partial charge in [0.1, 0.15) is 12.6 Å². The summed E-state index contributed by atoms with van der Waals surface area (Å²) in [5, 5.41) is 8.70. The standard InChI is InChI=1S/C31H36N4O3/c1-20-10-9-13-23(16-20)32-30(38)33-26-18-24(22-11-7-6-8-12-22)25-17-21(2)14-15-27(25)35(29(26)37)19-28(36)34-31(3,4)5/h6-17,24,26H,18-19H2,1-5H3,(H,34,36)(H2,32,33,38). The smallest absolute Gasteiger partial charge is 0.319 e. The van der Waals surface area contributed by atoms with Crippen molar-refractivity contribution in [1.82, 2.24) is 10.6 Å². The van der Waals surface area contributed by atoms with Crippen LogP contribution < -0.4 is 20.9 Å². The lowest BCUT2D eigenvalue weighted by Gasteiger charge is -2.28. The van der Waals surface area contributed by atoms with Gasteiger partial charge in [0, 0.05) is 22.8 Å². The van der Waals surface area contributed by atoms with Gasteiger partial charge in [-0.15, -0.1) is 0 Å². The number of urea groups is 1. The van der Waals surface area contributed by atoms with Crippen LogP contribution >= 0.6 is 0 Å². The second-order valence-electron chi connectivity index (χ2n) is 11.0. The highest BCUT2D eigenvalue weighted by Gasteiger charge is 2.37. The van der Waals surface area contributed by atoms with Crippen molar-refractivity contribution < 1.29 is 14.4 Å². The third kappa shape index (κ3) is 6.59. The van der Waals surface area contributed by atoms with E-state index in [4.69, 9.17) is 0 Å². The number of carbonyl (C=O) groups is 3. The minimum atomic E-state index is -0.847. The van der Waals surface area contributed by atoms with Crippen molar-refractivity contribution in [3.8, 4) is 0 Å². The number of aryl methyl sites for hydroxylation is 2. The van der Waals surface area contributed by atoms with Crippen LogP contribution in [0.4, 0.5) is 16.2 Å². The Hall–Kier alpha value is -4.13. The minimum absolute atomic E-state index is 0.147. The number of benzene rings is 3. The fourth-order valence-electron chi connectivity index (χ4n) is 4.90. The van der Waals surface area contributed by atoms with Gasteiger partial charge in [-0.3, -0.25) is 9.59 Å². The third-order valence-corrected chi connectivity index (χ3v) is 6.48. The Morgan fingerprint density at radius 1 is 0.921 bits per heavy atom. The molecule has 198 valence electrons. The first kappa shape index (κ1) is 26.9. The number of nitrogens with zero attached hydrogens (tertiary/aromatic N) is 1. The summed E-state index contributed by atoms with van der Waals surface area (Å²) in [6, 6.07) is 22.0. The molecule has 0 bridgehead atoms. The molecule has 0 spiro atoms. The van der Waals surface area contributed by atoms with E-state index in [1.807, 2.05) is 95.3 Å². The Morgan fingerprint density at radius 2 is 1.63 bits per heavy atom. The van der Waals surface area contributed by atoms with Crippen molar-refractivity contribution >= 4 is 29.2 Å². The lowest BCUT2D eigenvalue weighted by Crippen LogP contribution is -2.53. The zero-order valence-electron chi connectivity index (χ0n) is 22.7. The molecule has 1 aliphatic rings. The summed E-state index contributed by atoms with van der Waals surface area (Å²) in [6.45, 7) is 9.51. The molecule has 1 heterocycles. The molecule has 0 radical (unpaired) electrons. The summed E-state index contributed by atoms with van der Waals surface area (Å²) in [5.74, 6) is -0.745. The van der Waals surface area contributed by atoms with Crippen LogP contribution in [-0.4, -0.2) is 36.0 Å². The molecule has 0 saturated heterocycles. The molecule has 3 N–H and O–H groups in total. The van der Waals surface area contributed by atoms with Crippen LogP contribution in [0.1, 0.15) is 55.4 Å². The SMILES string of the molecule is Cc1cccc(NC(=O)NC2CC(c3ccccc3)c3cc(C)ccc3N(CC(=O)NC(C)(C)C)C2=O)c1. The van der Waals surface area contributed by atoms with Crippen LogP contribution in [0.2, 0.25) is 0 Å². The van der Waals surface area contributed by atoms with E-state index in [0.29, 0.717) is 17.8 Å². The Morgan fingerprint density at radius 3 is 2.32 bits per heavy atom. The highest BCUT2D eigenvalue weighted by molar-refractivity contribution is 6.05. The molecule has 0 saturated carbocycles. The molecular weight excluding hydrogens is 476 g/mol. The van der Waals surface area contributed by atoms with Crippen LogP contribution in [-0.2, 0) is 9.59 Å². The average Bonchev–Trinajstić information content (AvgIpc) is 2.94. The zero-order chi connectivity index (χ0) is 27.4. The van der Waals surface area contributed by atoms with E-state index in [-0.39, 0.29) is 24.3 Å².